The maximum atomic E-state index is 12.6. The lowest BCUT2D eigenvalue weighted by molar-refractivity contribution is -0.122. The molecule has 1 saturated heterocycles. The number of halogens is 1. The van der Waals surface area contributed by atoms with Gasteiger partial charge in [0.2, 0.25) is 11.8 Å². The molecule has 130 valence electrons. The van der Waals surface area contributed by atoms with Gasteiger partial charge in [0.05, 0.1) is 5.92 Å². The van der Waals surface area contributed by atoms with Gasteiger partial charge in [-0.2, -0.15) is 0 Å². The van der Waals surface area contributed by atoms with E-state index in [1.54, 1.807) is 11.0 Å². The van der Waals surface area contributed by atoms with Crippen LogP contribution in [0.4, 0.5) is 11.4 Å². The average Bonchev–Trinajstić information content (AvgIpc) is 2.93. The number of rotatable bonds is 3. The van der Waals surface area contributed by atoms with Crippen LogP contribution in [0, 0.1) is 26.7 Å². The first-order valence-corrected chi connectivity index (χ1v) is 8.68. The molecule has 2 amide bonds. The van der Waals surface area contributed by atoms with Gasteiger partial charge in [-0.05, 0) is 49.6 Å². The topological polar surface area (TPSA) is 49.4 Å². The van der Waals surface area contributed by atoms with E-state index < -0.39 is 0 Å². The van der Waals surface area contributed by atoms with Crippen LogP contribution in [0.2, 0.25) is 5.02 Å². The van der Waals surface area contributed by atoms with E-state index in [0.29, 0.717) is 17.3 Å². The number of hydrogen-bond donors (Lipinski definition) is 1. The number of benzene rings is 2. The maximum Gasteiger partial charge on any atom is 0.229 e. The third-order valence-electron chi connectivity index (χ3n) is 4.64. The first-order chi connectivity index (χ1) is 11.9. The van der Waals surface area contributed by atoms with Gasteiger partial charge in [-0.25, -0.2) is 0 Å². The van der Waals surface area contributed by atoms with E-state index in [1.165, 1.54) is 0 Å². The first-order valence-electron chi connectivity index (χ1n) is 8.30. The number of amides is 2. The van der Waals surface area contributed by atoms with Gasteiger partial charge in [-0.3, -0.25) is 9.59 Å². The standard InChI is InChI=1S/C20H21ClN2O2/c1-12-7-8-16(10-17(12)21)22-20(25)15-9-18(24)23(11-15)19-13(2)5-4-6-14(19)3/h4-8,10,15H,9,11H2,1-3H3,(H,22,25)/t15-/m1/s1. The second-order valence-corrected chi connectivity index (χ2v) is 7.01. The van der Waals surface area contributed by atoms with Crippen LogP contribution in [0.3, 0.4) is 0 Å². The molecule has 25 heavy (non-hydrogen) atoms. The minimum atomic E-state index is -0.369. The van der Waals surface area contributed by atoms with Gasteiger partial charge in [0.25, 0.3) is 0 Å². The summed E-state index contributed by atoms with van der Waals surface area (Å²) in [7, 11) is 0. The summed E-state index contributed by atoms with van der Waals surface area (Å²) in [6.45, 7) is 6.27. The zero-order chi connectivity index (χ0) is 18.1. The van der Waals surface area contributed by atoms with Crippen molar-refractivity contribution in [1.29, 1.82) is 0 Å². The van der Waals surface area contributed by atoms with Crippen LogP contribution in [0.25, 0.3) is 0 Å². The second-order valence-electron chi connectivity index (χ2n) is 6.60. The molecule has 1 heterocycles. The average molecular weight is 357 g/mol. The number of hydrogen-bond acceptors (Lipinski definition) is 2. The van der Waals surface area contributed by atoms with Crippen molar-refractivity contribution in [3.63, 3.8) is 0 Å². The predicted molar refractivity (Wildman–Crippen MR) is 101 cm³/mol. The van der Waals surface area contributed by atoms with Crippen LogP contribution in [-0.4, -0.2) is 18.4 Å². The third kappa shape index (κ3) is 3.54. The summed E-state index contributed by atoms with van der Waals surface area (Å²) in [5.41, 5.74) is 4.61. The Morgan fingerprint density at radius 2 is 1.80 bits per heavy atom. The molecule has 4 nitrogen and oxygen atoms in total. The Kier molecular flexibility index (Phi) is 4.82. The number of para-hydroxylation sites is 1. The smallest absolute Gasteiger partial charge is 0.229 e. The van der Waals surface area contributed by atoms with Gasteiger partial charge >= 0.3 is 0 Å². The number of anilines is 2. The molecule has 0 spiro atoms. The lowest BCUT2D eigenvalue weighted by Gasteiger charge is -2.21. The van der Waals surface area contributed by atoms with Crippen molar-refractivity contribution in [1.82, 2.24) is 0 Å². The summed E-state index contributed by atoms with van der Waals surface area (Å²) >= 11 is 6.10. The van der Waals surface area contributed by atoms with Crippen molar-refractivity contribution >= 4 is 34.8 Å². The van der Waals surface area contributed by atoms with Crippen LogP contribution in [-0.2, 0) is 9.59 Å². The summed E-state index contributed by atoms with van der Waals surface area (Å²) in [6.07, 6.45) is 0.221. The van der Waals surface area contributed by atoms with Gasteiger partial charge in [-0.1, -0.05) is 35.9 Å². The highest BCUT2D eigenvalue weighted by Crippen LogP contribution is 2.31. The maximum absolute atomic E-state index is 12.6. The monoisotopic (exact) mass is 356 g/mol. The molecule has 3 rings (SSSR count). The highest BCUT2D eigenvalue weighted by atomic mass is 35.5. The Balaban J connectivity index is 1.75. The van der Waals surface area contributed by atoms with Crippen molar-refractivity contribution in [2.24, 2.45) is 5.92 Å². The van der Waals surface area contributed by atoms with Crippen LogP contribution >= 0.6 is 11.6 Å². The number of nitrogens with one attached hydrogen (secondary N) is 1. The number of carbonyl (C=O) groups is 2. The van der Waals surface area contributed by atoms with E-state index in [4.69, 9.17) is 11.6 Å². The molecule has 0 aliphatic carbocycles. The Morgan fingerprint density at radius 1 is 1.12 bits per heavy atom. The molecule has 2 aromatic carbocycles. The molecule has 0 unspecified atom stereocenters. The highest BCUT2D eigenvalue weighted by molar-refractivity contribution is 6.31. The van der Waals surface area contributed by atoms with E-state index in [1.807, 2.05) is 51.1 Å². The van der Waals surface area contributed by atoms with Crippen molar-refractivity contribution in [2.75, 3.05) is 16.8 Å². The van der Waals surface area contributed by atoms with E-state index in [0.717, 1.165) is 22.4 Å². The SMILES string of the molecule is Cc1ccc(NC(=O)[C@@H]2CC(=O)N(c3c(C)cccc3C)C2)cc1Cl. The van der Waals surface area contributed by atoms with Crippen LogP contribution in [0.1, 0.15) is 23.1 Å². The number of carbonyl (C=O) groups excluding carboxylic acids is 2. The van der Waals surface area contributed by atoms with E-state index in [9.17, 15) is 9.59 Å². The van der Waals surface area contributed by atoms with Crippen LogP contribution in [0.5, 0.6) is 0 Å². The molecule has 0 aromatic heterocycles. The third-order valence-corrected chi connectivity index (χ3v) is 5.05. The zero-order valence-corrected chi connectivity index (χ0v) is 15.4. The molecule has 1 fully saturated rings. The Labute approximate surface area is 152 Å². The van der Waals surface area contributed by atoms with Crippen LogP contribution < -0.4 is 10.2 Å². The van der Waals surface area contributed by atoms with E-state index in [2.05, 4.69) is 5.32 Å². The van der Waals surface area contributed by atoms with E-state index >= 15 is 0 Å². The quantitative estimate of drug-likeness (QED) is 0.893. The molecule has 2 aromatic rings. The minimum absolute atomic E-state index is 0.0144. The molecule has 0 radical (unpaired) electrons. The van der Waals surface area contributed by atoms with Gasteiger partial charge in [0.1, 0.15) is 0 Å². The number of nitrogens with zero attached hydrogens (tertiary/aromatic N) is 1. The molecule has 1 aliphatic rings. The largest absolute Gasteiger partial charge is 0.326 e. The molecule has 5 heteroatoms. The fraction of sp³-hybridized carbons (Fsp3) is 0.300. The van der Waals surface area contributed by atoms with E-state index in [-0.39, 0.29) is 24.2 Å². The second kappa shape index (κ2) is 6.89. The van der Waals surface area contributed by atoms with Gasteiger partial charge in [0, 0.05) is 29.4 Å². The summed E-state index contributed by atoms with van der Waals surface area (Å²) in [4.78, 5) is 26.8. The fourth-order valence-corrected chi connectivity index (χ4v) is 3.43. The minimum Gasteiger partial charge on any atom is -0.326 e. The van der Waals surface area contributed by atoms with Gasteiger partial charge in [0.15, 0.2) is 0 Å². The normalized spacial score (nSPS) is 17.0. The van der Waals surface area contributed by atoms with Crippen molar-refractivity contribution in [3.05, 3.63) is 58.1 Å². The molecular formula is C20H21ClN2O2. The van der Waals surface area contributed by atoms with Crippen molar-refractivity contribution in [3.8, 4) is 0 Å². The number of aryl methyl sites for hydroxylation is 3. The van der Waals surface area contributed by atoms with Gasteiger partial charge < -0.3 is 10.2 Å². The predicted octanol–water partition coefficient (Wildman–Crippen LogP) is 4.26. The summed E-state index contributed by atoms with van der Waals surface area (Å²) in [5, 5.41) is 3.48. The lowest BCUT2D eigenvalue weighted by Crippen LogP contribution is -2.29. The molecular weight excluding hydrogens is 336 g/mol. The van der Waals surface area contributed by atoms with Gasteiger partial charge in [-0.15, -0.1) is 0 Å². The molecule has 1 aliphatic heterocycles. The molecule has 1 N–H and O–H groups in total. The van der Waals surface area contributed by atoms with Crippen molar-refractivity contribution in [2.45, 2.75) is 27.2 Å². The first kappa shape index (κ1) is 17.5. The Morgan fingerprint density at radius 3 is 2.44 bits per heavy atom. The fourth-order valence-electron chi connectivity index (χ4n) is 3.25. The Bertz CT molecular complexity index is 827. The molecule has 1 atom stereocenters. The summed E-state index contributed by atoms with van der Waals surface area (Å²) in [5.74, 6) is -0.534. The van der Waals surface area contributed by atoms with Crippen molar-refractivity contribution < 1.29 is 9.59 Å². The Hall–Kier alpha value is -2.33. The molecule has 0 saturated carbocycles. The summed E-state index contributed by atoms with van der Waals surface area (Å²) in [6, 6.07) is 11.4. The zero-order valence-electron chi connectivity index (χ0n) is 14.6. The highest BCUT2D eigenvalue weighted by Gasteiger charge is 2.36. The molecule has 0 bridgehead atoms. The van der Waals surface area contributed by atoms with Crippen LogP contribution in [0.15, 0.2) is 36.4 Å². The summed E-state index contributed by atoms with van der Waals surface area (Å²) < 4.78 is 0. The lowest BCUT2D eigenvalue weighted by atomic mass is 10.1.